The van der Waals surface area contributed by atoms with Crippen LogP contribution in [0.1, 0.15) is 52.3 Å². The van der Waals surface area contributed by atoms with Gasteiger partial charge in [-0.15, -0.1) is 16.8 Å². The molecule has 2 fully saturated rings. The summed E-state index contributed by atoms with van der Waals surface area (Å²) in [5, 5.41) is 14.9. The molecular weight excluding hydrogens is 404 g/mol. The molecule has 1 saturated heterocycles. The van der Waals surface area contributed by atoms with Gasteiger partial charge in [-0.25, -0.2) is 9.59 Å². The lowest BCUT2D eigenvalue weighted by atomic mass is 10.0. The number of tetrazole rings is 1. The summed E-state index contributed by atoms with van der Waals surface area (Å²) in [7, 11) is 1.65. The molecule has 3 rings (SSSR count). The lowest BCUT2D eigenvalue weighted by Crippen LogP contribution is -2.53. The van der Waals surface area contributed by atoms with Crippen molar-refractivity contribution in [2.45, 2.75) is 63.6 Å². The van der Waals surface area contributed by atoms with Gasteiger partial charge in [-0.2, -0.15) is 4.80 Å². The lowest BCUT2D eigenvalue weighted by Gasteiger charge is -2.29. The number of nitrogens with one attached hydrogen (secondary N) is 1. The van der Waals surface area contributed by atoms with Crippen molar-refractivity contribution in [3.63, 3.8) is 0 Å². The highest BCUT2D eigenvalue weighted by atomic mass is 16.6. The summed E-state index contributed by atoms with van der Waals surface area (Å²) in [4.78, 5) is 41.3. The van der Waals surface area contributed by atoms with Crippen LogP contribution in [0.5, 0.6) is 0 Å². The topological polar surface area (TPSA) is 129 Å². The van der Waals surface area contributed by atoms with Crippen LogP contribution in [0.2, 0.25) is 0 Å². The SMILES string of the molecule is C=C[C@@H]1C[C@]1(NC(=O)[C@@H]1C[C@@H](c2nnn(C)n2)CN1C(=O)OC(C)(C)C)C(=O)OCC. The van der Waals surface area contributed by atoms with Crippen LogP contribution in [0.25, 0.3) is 0 Å². The molecule has 0 spiro atoms. The van der Waals surface area contributed by atoms with Crippen molar-refractivity contribution in [1.82, 2.24) is 30.4 Å². The quantitative estimate of drug-likeness (QED) is 0.517. The zero-order chi connectivity index (χ0) is 23.0. The standard InChI is InChI=1S/C20H30N6O5/c1-7-13-10-20(13,17(28)30-8-2)21-16(27)14-9-12(15-22-24-25(6)23-15)11-26(14)18(29)31-19(3,4)5/h7,12-14H,1,8-11H2,2-6H3,(H,21,27)/t12-,13-,14+,20-/m1/s1. The minimum absolute atomic E-state index is 0.203. The summed E-state index contributed by atoms with van der Waals surface area (Å²) >= 11 is 0. The molecule has 1 aromatic heterocycles. The maximum atomic E-state index is 13.3. The lowest BCUT2D eigenvalue weighted by molar-refractivity contribution is -0.149. The first-order valence-electron chi connectivity index (χ1n) is 10.4. The maximum Gasteiger partial charge on any atom is 0.410 e. The Balaban J connectivity index is 1.82. The molecule has 0 bridgehead atoms. The maximum absolute atomic E-state index is 13.3. The zero-order valence-electron chi connectivity index (χ0n) is 18.6. The van der Waals surface area contributed by atoms with E-state index in [1.54, 1.807) is 40.8 Å². The fraction of sp³-hybridized carbons (Fsp3) is 0.700. The Hall–Kier alpha value is -2.98. The molecule has 11 heteroatoms. The summed E-state index contributed by atoms with van der Waals surface area (Å²) in [6, 6.07) is -0.846. The van der Waals surface area contributed by atoms with Crippen LogP contribution in [-0.4, -0.2) is 73.4 Å². The van der Waals surface area contributed by atoms with E-state index < -0.39 is 35.2 Å². The number of nitrogens with zero attached hydrogens (tertiary/aromatic N) is 5. The molecule has 1 aliphatic carbocycles. The van der Waals surface area contributed by atoms with Gasteiger partial charge in [0.05, 0.1) is 13.7 Å². The van der Waals surface area contributed by atoms with Gasteiger partial charge in [0.1, 0.15) is 17.2 Å². The molecule has 11 nitrogen and oxygen atoms in total. The van der Waals surface area contributed by atoms with Crippen molar-refractivity contribution >= 4 is 18.0 Å². The first kappa shape index (κ1) is 22.7. The van der Waals surface area contributed by atoms with Gasteiger partial charge in [0, 0.05) is 18.4 Å². The summed E-state index contributed by atoms with van der Waals surface area (Å²) in [5.41, 5.74) is -1.87. The Morgan fingerprint density at radius 2 is 2.06 bits per heavy atom. The van der Waals surface area contributed by atoms with Crippen LogP contribution in [0.15, 0.2) is 12.7 Å². The molecule has 2 amide bonds. The molecule has 1 N–H and O–H groups in total. The minimum Gasteiger partial charge on any atom is -0.464 e. The largest absolute Gasteiger partial charge is 0.464 e. The van der Waals surface area contributed by atoms with Crippen LogP contribution >= 0.6 is 0 Å². The van der Waals surface area contributed by atoms with Crippen molar-refractivity contribution in [3.8, 4) is 0 Å². The van der Waals surface area contributed by atoms with Gasteiger partial charge in [-0.3, -0.25) is 9.69 Å². The van der Waals surface area contributed by atoms with Crippen LogP contribution < -0.4 is 5.32 Å². The number of aryl methyl sites for hydroxylation is 1. The molecular formula is C20H30N6O5. The normalized spacial score (nSPS) is 27.5. The second kappa shape index (κ2) is 8.27. The van der Waals surface area contributed by atoms with Crippen molar-refractivity contribution in [1.29, 1.82) is 0 Å². The van der Waals surface area contributed by atoms with Crippen LogP contribution in [0.3, 0.4) is 0 Å². The fourth-order valence-electron chi connectivity index (χ4n) is 3.82. The van der Waals surface area contributed by atoms with Crippen LogP contribution in [-0.2, 0) is 26.1 Å². The number of ether oxygens (including phenoxy) is 2. The zero-order valence-corrected chi connectivity index (χ0v) is 18.6. The van der Waals surface area contributed by atoms with Crippen molar-refractivity contribution in [3.05, 3.63) is 18.5 Å². The number of esters is 1. The summed E-state index contributed by atoms with van der Waals surface area (Å²) < 4.78 is 10.7. The second-order valence-corrected chi connectivity index (χ2v) is 8.95. The molecule has 2 heterocycles. The Morgan fingerprint density at radius 3 is 2.58 bits per heavy atom. The van der Waals surface area contributed by atoms with Gasteiger partial charge in [-0.1, -0.05) is 6.08 Å². The monoisotopic (exact) mass is 434 g/mol. The van der Waals surface area contributed by atoms with E-state index in [4.69, 9.17) is 9.47 Å². The number of carbonyl (C=O) groups excluding carboxylic acids is 3. The van der Waals surface area contributed by atoms with Crippen molar-refractivity contribution in [2.75, 3.05) is 13.2 Å². The number of hydrogen-bond acceptors (Lipinski definition) is 8. The van der Waals surface area contributed by atoms with Crippen LogP contribution in [0.4, 0.5) is 4.79 Å². The molecule has 4 atom stereocenters. The predicted octanol–water partition coefficient (Wildman–Crippen LogP) is 0.927. The third-order valence-corrected chi connectivity index (χ3v) is 5.41. The molecule has 0 unspecified atom stereocenters. The Bertz CT molecular complexity index is 878. The Morgan fingerprint density at radius 1 is 1.35 bits per heavy atom. The highest BCUT2D eigenvalue weighted by Gasteiger charge is 2.62. The average molecular weight is 434 g/mol. The molecule has 0 radical (unpaired) electrons. The van der Waals surface area contributed by atoms with Gasteiger partial charge in [0.2, 0.25) is 5.91 Å². The Labute approximate surface area is 181 Å². The van der Waals surface area contributed by atoms with E-state index in [1.807, 2.05) is 0 Å². The molecule has 170 valence electrons. The number of rotatable bonds is 6. The first-order chi connectivity index (χ1) is 14.5. The molecule has 2 aliphatic rings. The summed E-state index contributed by atoms with van der Waals surface area (Å²) in [5.74, 6) is -1.01. The Kier molecular flexibility index (Phi) is 6.06. The van der Waals surface area contributed by atoms with Gasteiger partial charge >= 0.3 is 12.1 Å². The van der Waals surface area contributed by atoms with E-state index in [1.165, 1.54) is 9.70 Å². The van der Waals surface area contributed by atoms with E-state index >= 15 is 0 Å². The third-order valence-electron chi connectivity index (χ3n) is 5.41. The number of aromatic nitrogens is 4. The average Bonchev–Trinajstić information content (AvgIpc) is 3.01. The second-order valence-electron chi connectivity index (χ2n) is 8.95. The number of likely N-dealkylation sites (tertiary alicyclic amines) is 1. The first-order valence-corrected chi connectivity index (χ1v) is 10.4. The van der Waals surface area contributed by atoms with E-state index in [-0.39, 0.29) is 31.4 Å². The highest BCUT2D eigenvalue weighted by Crippen LogP contribution is 2.46. The van der Waals surface area contributed by atoms with Crippen LogP contribution in [0, 0.1) is 5.92 Å². The minimum atomic E-state index is -1.14. The van der Waals surface area contributed by atoms with E-state index in [0.29, 0.717) is 12.2 Å². The number of amides is 2. The summed E-state index contributed by atoms with van der Waals surface area (Å²) in [6.45, 7) is 11.1. The number of carbonyl (C=O) groups is 3. The number of hydrogen-bond donors (Lipinski definition) is 1. The smallest absolute Gasteiger partial charge is 0.410 e. The van der Waals surface area contributed by atoms with Crippen molar-refractivity contribution < 1.29 is 23.9 Å². The summed E-state index contributed by atoms with van der Waals surface area (Å²) in [6.07, 6.45) is 1.72. The van der Waals surface area contributed by atoms with Gasteiger partial charge in [0.25, 0.3) is 0 Å². The molecule has 31 heavy (non-hydrogen) atoms. The van der Waals surface area contributed by atoms with Crippen molar-refractivity contribution in [2.24, 2.45) is 13.0 Å². The molecule has 1 aromatic rings. The highest BCUT2D eigenvalue weighted by molar-refractivity contribution is 5.95. The molecule has 1 aliphatic heterocycles. The van der Waals surface area contributed by atoms with Gasteiger partial charge in [0.15, 0.2) is 5.82 Å². The predicted molar refractivity (Wildman–Crippen MR) is 109 cm³/mol. The molecule has 1 saturated carbocycles. The van der Waals surface area contributed by atoms with E-state index in [2.05, 4.69) is 27.3 Å². The third kappa shape index (κ3) is 4.70. The van der Waals surface area contributed by atoms with Gasteiger partial charge < -0.3 is 14.8 Å². The van der Waals surface area contributed by atoms with E-state index in [9.17, 15) is 14.4 Å². The van der Waals surface area contributed by atoms with Gasteiger partial charge in [-0.05, 0) is 45.7 Å². The fourth-order valence-corrected chi connectivity index (χ4v) is 3.82. The molecule has 0 aromatic carbocycles. The van der Waals surface area contributed by atoms with E-state index in [0.717, 1.165) is 0 Å².